The van der Waals surface area contributed by atoms with Crippen LogP contribution >= 0.6 is 0 Å². The number of aliphatic imine (C=N–C) groups is 1. The monoisotopic (exact) mass is 434 g/mol. The van der Waals surface area contributed by atoms with Gasteiger partial charge in [0.1, 0.15) is 17.6 Å². The number of halogens is 1. The summed E-state index contributed by atoms with van der Waals surface area (Å²) in [6.07, 6.45) is 2.94. The number of anilines is 2. The van der Waals surface area contributed by atoms with Crippen molar-refractivity contribution >= 4 is 28.8 Å². The first-order valence-corrected chi connectivity index (χ1v) is 10.2. The molecule has 9 nitrogen and oxygen atoms in total. The molecule has 0 spiro atoms. The molecule has 2 aromatic rings. The molecule has 4 rings (SSSR count). The Balaban J connectivity index is 2.02. The van der Waals surface area contributed by atoms with E-state index >= 15 is 0 Å². The minimum atomic E-state index is -0.422. The van der Waals surface area contributed by atoms with Gasteiger partial charge in [-0.3, -0.25) is 9.79 Å². The number of carbonyl (C=O) groups is 1. The van der Waals surface area contributed by atoms with Crippen LogP contribution in [0.15, 0.2) is 35.1 Å². The quantitative estimate of drug-likeness (QED) is 0.604. The van der Waals surface area contributed by atoms with Gasteiger partial charge < -0.3 is 21.3 Å². The number of nitriles is 1. The van der Waals surface area contributed by atoms with E-state index in [-0.39, 0.29) is 30.0 Å². The summed E-state index contributed by atoms with van der Waals surface area (Å²) in [7, 11) is 3.18. The maximum atomic E-state index is 14.3. The molecule has 164 valence electrons. The fourth-order valence-electron chi connectivity index (χ4n) is 4.33. The smallest absolute Gasteiger partial charge is 0.254 e. The van der Waals surface area contributed by atoms with Crippen molar-refractivity contribution in [2.75, 3.05) is 37.8 Å². The number of carbonyl (C=O) groups excluding carboxylic acids is 1. The number of hydrogen-bond acceptors (Lipinski definition) is 8. The molecule has 0 saturated carbocycles. The number of hydrogen-bond donors (Lipinski definition) is 2. The van der Waals surface area contributed by atoms with Crippen LogP contribution in [0, 0.1) is 17.1 Å². The molecule has 1 fully saturated rings. The van der Waals surface area contributed by atoms with E-state index in [1.54, 1.807) is 14.1 Å². The van der Waals surface area contributed by atoms with Gasteiger partial charge in [-0.25, -0.2) is 14.4 Å². The highest BCUT2D eigenvalue weighted by Gasteiger charge is 2.34. The van der Waals surface area contributed by atoms with E-state index in [1.807, 2.05) is 11.0 Å². The average Bonchev–Trinajstić information content (AvgIpc) is 3.27. The van der Waals surface area contributed by atoms with Gasteiger partial charge in [-0.15, -0.1) is 0 Å². The van der Waals surface area contributed by atoms with Gasteiger partial charge in [0, 0.05) is 26.2 Å². The van der Waals surface area contributed by atoms with Gasteiger partial charge in [0.25, 0.3) is 5.91 Å². The van der Waals surface area contributed by atoms with Crippen molar-refractivity contribution in [3.05, 3.63) is 52.7 Å². The second-order valence-electron chi connectivity index (χ2n) is 7.78. The Bertz CT molecular complexity index is 1200. The first-order chi connectivity index (χ1) is 15.3. The normalized spacial score (nSPS) is 21.4. The number of aromatic nitrogens is 2. The van der Waals surface area contributed by atoms with E-state index in [9.17, 15) is 14.4 Å². The summed E-state index contributed by atoms with van der Waals surface area (Å²) in [5, 5.41) is 9.51. The zero-order chi connectivity index (χ0) is 23.0. The lowest BCUT2D eigenvalue weighted by Gasteiger charge is -2.30. The molecule has 4 N–H and O–H groups in total. The zero-order valence-corrected chi connectivity index (χ0v) is 17.8. The van der Waals surface area contributed by atoms with Crippen LogP contribution in [-0.4, -0.2) is 53.7 Å². The fourth-order valence-corrected chi connectivity index (χ4v) is 4.33. The first-order valence-electron chi connectivity index (χ1n) is 10.2. The van der Waals surface area contributed by atoms with Gasteiger partial charge >= 0.3 is 0 Å². The molecular weight excluding hydrogens is 411 g/mol. The highest BCUT2D eigenvalue weighted by atomic mass is 19.1. The number of fused-ring (bicyclic) bond motifs is 6. The molecule has 1 aromatic heterocycles. The Kier molecular flexibility index (Phi) is 5.48. The third-order valence-electron chi connectivity index (χ3n) is 5.85. The van der Waals surface area contributed by atoms with Crippen molar-refractivity contribution in [2.24, 2.45) is 10.7 Å². The van der Waals surface area contributed by atoms with E-state index in [0.717, 1.165) is 6.42 Å². The zero-order valence-electron chi connectivity index (χ0n) is 17.8. The number of benzene rings is 1. The van der Waals surface area contributed by atoms with Crippen LogP contribution in [0.4, 0.5) is 16.0 Å². The molecule has 2 bridgehead atoms. The van der Waals surface area contributed by atoms with Crippen LogP contribution in [0.5, 0.6) is 0 Å². The molecule has 32 heavy (non-hydrogen) atoms. The van der Waals surface area contributed by atoms with Crippen LogP contribution in [0.2, 0.25) is 0 Å². The third-order valence-corrected chi connectivity index (χ3v) is 5.85. The number of nitrogens with zero attached hydrogens (tertiary/aromatic N) is 6. The predicted octanol–water partition coefficient (Wildman–Crippen LogP) is 1.89. The van der Waals surface area contributed by atoms with E-state index in [4.69, 9.17) is 16.5 Å². The van der Waals surface area contributed by atoms with Gasteiger partial charge in [0.2, 0.25) is 0 Å². The lowest BCUT2D eigenvalue weighted by Crippen LogP contribution is -2.36. The molecule has 0 radical (unpaired) electrons. The highest BCUT2D eigenvalue weighted by Crippen LogP contribution is 2.39. The second kappa shape index (κ2) is 8.26. The first kappa shape index (κ1) is 21.2. The lowest BCUT2D eigenvalue weighted by atomic mass is 9.96. The second-order valence-corrected chi connectivity index (χ2v) is 7.78. The van der Waals surface area contributed by atoms with Gasteiger partial charge in [-0.05, 0) is 36.6 Å². The van der Waals surface area contributed by atoms with Crippen LogP contribution in [0.25, 0.3) is 5.57 Å². The fraction of sp³-hybridized carbons (Fsp3) is 0.318. The Morgan fingerprint density at radius 1 is 1.41 bits per heavy atom. The number of allylic oxidation sites excluding steroid dienone is 1. The molecule has 10 heteroatoms. The van der Waals surface area contributed by atoms with Crippen molar-refractivity contribution in [3.8, 4) is 6.07 Å². The van der Waals surface area contributed by atoms with Crippen molar-refractivity contribution in [2.45, 2.75) is 18.9 Å². The molecule has 1 atom stereocenters. The maximum absolute atomic E-state index is 14.3. The molecule has 1 saturated heterocycles. The summed E-state index contributed by atoms with van der Waals surface area (Å²) in [6.45, 7) is 0.675. The molecule has 1 amide bonds. The van der Waals surface area contributed by atoms with Crippen LogP contribution in [0.1, 0.15) is 40.5 Å². The Morgan fingerprint density at radius 2 is 2.19 bits per heavy atom. The van der Waals surface area contributed by atoms with Crippen LogP contribution < -0.4 is 16.4 Å². The minimum Gasteiger partial charge on any atom is -0.390 e. The largest absolute Gasteiger partial charge is 0.390 e. The molecule has 1 aromatic carbocycles. The van der Waals surface area contributed by atoms with Gasteiger partial charge in [0.05, 0.1) is 35.8 Å². The Hall–Kier alpha value is -4.00. The van der Waals surface area contributed by atoms with Crippen molar-refractivity contribution < 1.29 is 9.18 Å². The van der Waals surface area contributed by atoms with Crippen molar-refractivity contribution in [1.82, 2.24) is 14.9 Å². The molecule has 2 aliphatic rings. The van der Waals surface area contributed by atoms with E-state index in [1.165, 1.54) is 29.3 Å². The van der Waals surface area contributed by atoms with Crippen LogP contribution in [-0.2, 0) is 0 Å². The molecule has 2 aliphatic heterocycles. The summed E-state index contributed by atoms with van der Waals surface area (Å²) in [5.74, 6) is -0.107. The van der Waals surface area contributed by atoms with E-state index in [2.05, 4.69) is 9.98 Å². The minimum absolute atomic E-state index is 0.0691. The number of nitrogen functional groups attached to an aromatic ring is 1. The summed E-state index contributed by atoms with van der Waals surface area (Å²) in [5.41, 5.74) is 14.1. The molecule has 3 heterocycles. The standard InChI is InChI=1S/C22H23FN8O/c1-27-17-11-30(2)22(32)13-6-5-12(23)8-14(13)18-4-3-7-31(18)21-20(26)28-10-16(29-21)19(17)15(25)9-24/h5-6,8,10,18H,3-4,7,11,25H2,1-2H3,(H2,26,28). The van der Waals surface area contributed by atoms with Crippen molar-refractivity contribution in [3.63, 3.8) is 0 Å². The number of amides is 1. The van der Waals surface area contributed by atoms with E-state index < -0.39 is 5.82 Å². The summed E-state index contributed by atoms with van der Waals surface area (Å²) < 4.78 is 14.3. The third kappa shape index (κ3) is 3.51. The van der Waals surface area contributed by atoms with Crippen LogP contribution in [0.3, 0.4) is 0 Å². The van der Waals surface area contributed by atoms with Gasteiger partial charge in [0.15, 0.2) is 11.6 Å². The molecular formula is C22H23FN8O. The van der Waals surface area contributed by atoms with Crippen molar-refractivity contribution in [1.29, 1.82) is 5.26 Å². The average molecular weight is 434 g/mol. The predicted molar refractivity (Wildman–Crippen MR) is 119 cm³/mol. The van der Waals surface area contributed by atoms with Gasteiger partial charge in [-0.1, -0.05) is 0 Å². The molecule has 0 aliphatic carbocycles. The lowest BCUT2D eigenvalue weighted by molar-refractivity contribution is 0.0813. The number of rotatable bonds is 0. The number of nitrogens with two attached hydrogens (primary N) is 2. The van der Waals surface area contributed by atoms with Gasteiger partial charge in [-0.2, -0.15) is 5.26 Å². The summed E-state index contributed by atoms with van der Waals surface area (Å²) in [6, 6.07) is 5.82. The SMILES string of the molecule is CN=C1CN(C)C(=O)c2ccc(F)cc2C2CCCN2c2nc(cnc2N)C1=C(N)C#N. The maximum Gasteiger partial charge on any atom is 0.254 e. The van der Waals surface area contributed by atoms with E-state index in [0.29, 0.717) is 46.9 Å². The highest BCUT2D eigenvalue weighted by molar-refractivity contribution is 6.26. The summed E-state index contributed by atoms with van der Waals surface area (Å²) >= 11 is 0. The summed E-state index contributed by atoms with van der Waals surface area (Å²) in [4.78, 5) is 30.1. The Labute approximate surface area is 184 Å². The topological polar surface area (TPSA) is 138 Å². The Morgan fingerprint density at radius 3 is 2.91 bits per heavy atom. The molecule has 1 unspecified atom stereocenters.